The molecule has 14 heteroatoms. The number of alkyl halides is 3. The minimum atomic E-state index is -4.59. The summed E-state index contributed by atoms with van der Waals surface area (Å²) in [6, 6.07) is 6.53. The van der Waals surface area contributed by atoms with Gasteiger partial charge in [-0.2, -0.15) is 13.2 Å². The maximum Gasteiger partial charge on any atom is 0.418 e. The third kappa shape index (κ3) is 7.47. The van der Waals surface area contributed by atoms with Crippen molar-refractivity contribution in [2.45, 2.75) is 44.4 Å². The van der Waals surface area contributed by atoms with Gasteiger partial charge in [-0.05, 0) is 49.6 Å². The number of ether oxygens (including phenoxy) is 1. The zero-order valence-corrected chi connectivity index (χ0v) is 21.5. The van der Waals surface area contributed by atoms with Crippen molar-refractivity contribution in [3.63, 3.8) is 0 Å². The van der Waals surface area contributed by atoms with Crippen LogP contribution in [0.2, 0.25) is 5.02 Å². The van der Waals surface area contributed by atoms with E-state index in [1.54, 1.807) is 6.07 Å². The van der Waals surface area contributed by atoms with Crippen molar-refractivity contribution in [1.82, 2.24) is 25.6 Å². The lowest BCUT2D eigenvalue weighted by molar-refractivity contribution is -0.137. The maximum absolute atomic E-state index is 13.3. The average Bonchev–Trinajstić information content (AvgIpc) is 3.68. The van der Waals surface area contributed by atoms with Crippen molar-refractivity contribution >= 4 is 40.9 Å². The molecule has 2 aromatic heterocycles. The van der Waals surface area contributed by atoms with Crippen LogP contribution < -0.4 is 26.0 Å². The third-order valence-corrected chi connectivity index (χ3v) is 5.95. The van der Waals surface area contributed by atoms with Crippen molar-refractivity contribution in [3.8, 4) is 5.75 Å². The monoisotopic (exact) mass is 563 g/mol. The molecule has 0 radical (unpaired) electrons. The SMILES string of the molecule is CCCNc1ncc(OC(=O)NC2(C(=O)NCc3ccc(Nc4ccc(Cl)cc4C(F)(F)F)cn3)CC2)cn1. The van der Waals surface area contributed by atoms with Gasteiger partial charge >= 0.3 is 12.3 Å². The van der Waals surface area contributed by atoms with Crippen LogP contribution in [-0.2, 0) is 17.5 Å². The second-order valence-electron chi connectivity index (χ2n) is 8.80. The van der Waals surface area contributed by atoms with Crippen LogP contribution in [0.4, 0.5) is 35.3 Å². The molecule has 1 aliphatic carbocycles. The number of nitrogens with zero attached hydrogens (tertiary/aromatic N) is 3. The fraction of sp³-hybridized carbons (Fsp3) is 0.320. The van der Waals surface area contributed by atoms with E-state index >= 15 is 0 Å². The van der Waals surface area contributed by atoms with Crippen molar-refractivity contribution in [2.75, 3.05) is 17.2 Å². The minimum Gasteiger partial charge on any atom is -0.407 e. The van der Waals surface area contributed by atoms with Crippen LogP contribution >= 0.6 is 11.6 Å². The number of benzene rings is 1. The van der Waals surface area contributed by atoms with Crippen molar-refractivity contribution in [3.05, 3.63) is 65.2 Å². The molecule has 1 aliphatic rings. The zero-order chi connectivity index (χ0) is 28.0. The Morgan fingerprint density at radius 3 is 2.44 bits per heavy atom. The minimum absolute atomic E-state index is 0.0312. The quantitative estimate of drug-likeness (QED) is 0.270. The molecule has 0 bridgehead atoms. The van der Waals surface area contributed by atoms with E-state index in [-0.39, 0.29) is 23.0 Å². The molecule has 4 N–H and O–H groups in total. The Balaban J connectivity index is 1.28. The second-order valence-corrected chi connectivity index (χ2v) is 9.24. The van der Waals surface area contributed by atoms with Crippen LogP contribution in [0.5, 0.6) is 5.75 Å². The summed E-state index contributed by atoms with van der Waals surface area (Å²) < 4.78 is 45.1. The first kappa shape index (κ1) is 27.9. The molecular formula is C25H25ClF3N7O3. The molecule has 0 atom stereocenters. The van der Waals surface area contributed by atoms with E-state index in [2.05, 4.69) is 36.2 Å². The van der Waals surface area contributed by atoms with Gasteiger partial charge in [-0.15, -0.1) is 0 Å². The number of nitrogens with one attached hydrogen (secondary N) is 4. The lowest BCUT2D eigenvalue weighted by Crippen LogP contribution is -2.49. The number of carbonyl (C=O) groups is 2. The Hall–Kier alpha value is -4.13. The highest BCUT2D eigenvalue weighted by Crippen LogP contribution is 2.38. The number of carbonyl (C=O) groups excluding carboxylic acids is 2. The molecule has 39 heavy (non-hydrogen) atoms. The van der Waals surface area contributed by atoms with Gasteiger partial charge in [0.2, 0.25) is 11.9 Å². The number of aromatic nitrogens is 3. The van der Waals surface area contributed by atoms with Crippen LogP contribution in [-0.4, -0.2) is 39.0 Å². The van der Waals surface area contributed by atoms with Gasteiger partial charge in [0.25, 0.3) is 0 Å². The van der Waals surface area contributed by atoms with Crippen LogP contribution in [0.3, 0.4) is 0 Å². The fourth-order valence-corrected chi connectivity index (χ4v) is 3.69. The van der Waals surface area contributed by atoms with Gasteiger partial charge in [-0.3, -0.25) is 9.78 Å². The molecule has 2 amide bonds. The van der Waals surface area contributed by atoms with Crippen molar-refractivity contribution < 1.29 is 27.5 Å². The Morgan fingerprint density at radius 2 is 1.82 bits per heavy atom. The molecule has 0 spiro atoms. The highest BCUT2D eigenvalue weighted by molar-refractivity contribution is 6.30. The molecule has 206 valence electrons. The smallest absolute Gasteiger partial charge is 0.407 e. The summed E-state index contributed by atoms with van der Waals surface area (Å²) in [7, 11) is 0. The molecule has 4 rings (SSSR count). The molecule has 0 aliphatic heterocycles. The predicted octanol–water partition coefficient (Wildman–Crippen LogP) is 5.05. The number of pyridine rings is 1. The van der Waals surface area contributed by atoms with Crippen LogP contribution in [0.15, 0.2) is 48.9 Å². The van der Waals surface area contributed by atoms with Crippen LogP contribution in [0, 0.1) is 0 Å². The van der Waals surface area contributed by atoms with Crippen LogP contribution in [0.1, 0.15) is 37.4 Å². The van der Waals surface area contributed by atoms with E-state index < -0.39 is 29.3 Å². The molecule has 3 aromatic rings. The van der Waals surface area contributed by atoms with E-state index in [0.717, 1.165) is 12.5 Å². The lowest BCUT2D eigenvalue weighted by Gasteiger charge is -2.17. The molecule has 1 aromatic carbocycles. The molecule has 2 heterocycles. The van der Waals surface area contributed by atoms with E-state index in [0.29, 0.717) is 36.7 Å². The fourth-order valence-electron chi connectivity index (χ4n) is 3.52. The van der Waals surface area contributed by atoms with Gasteiger partial charge in [0.05, 0.1) is 47.8 Å². The van der Waals surface area contributed by atoms with Gasteiger partial charge < -0.3 is 26.0 Å². The lowest BCUT2D eigenvalue weighted by atomic mass is 10.1. The van der Waals surface area contributed by atoms with Gasteiger partial charge in [-0.1, -0.05) is 18.5 Å². The third-order valence-electron chi connectivity index (χ3n) is 5.72. The number of anilines is 3. The highest BCUT2D eigenvalue weighted by atomic mass is 35.5. The van der Waals surface area contributed by atoms with Crippen molar-refractivity contribution in [1.29, 1.82) is 0 Å². The topological polar surface area (TPSA) is 130 Å². The predicted molar refractivity (Wildman–Crippen MR) is 138 cm³/mol. The number of hydrogen-bond acceptors (Lipinski definition) is 8. The highest BCUT2D eigenvalue weighted by Gasteiger charge is 2.51. The number of rotatable bonds is 10. The average molecular weight is 564 g/mol. The second kappa shape index (κ2) is 11.7. The molecular weight excluding hydrogens is 539 g/mol. The Labute approximate surface area is 226 Å². The first-order valence-corrected chi connectivity index (χ1v) is 12.4. The molecule has 1 fully saturated rings. The van der Waals surface area contributed by atoms with Crippen LogP contribution in [0.25, 0.3) is 0 Å². The summed E-state index contributed by atoms with van der Waals surface area (Å²) in [5.41, 5.74) is -1.38. The first-order valence-electron chi connectivity index (χ1n) is 12.0. The standard InChI is InChI=1S/C25H25ClF3N7O3/c1-2-9-30-22-33-13-18(14-34-22)39-23(38)36-24(7-8-24)21(37)32-11-16-4-5-17(12-31-16)35-20-6-3-15(26)10-19(20)25(27,28)29/h3-6,10,12-14,35H,2,7-9,11H2,1H3,(H,32,37)(H,36,38)(H,30,33,34). The van der Waals surface area contributed by atoms with Crippen molar-refractivity contribution in [2.24, 2.45) is 0 Å². The Bertz CT molecular complexity index is 1320. The van der Waals surface area contributed by atoms with Gasteiger partial charge in [-0.25, -0.2) is 14.8 Å². The number of hydrogen-bond donors (Lipinski definition) is 4. The normalized spacial score (nSPS) is 13.8. The zero-order valence-electron chi connectivity index (χ0n) is 20.7. The summed E-state index contributed by atoms with van der Waals surface area (Å²) in [5.74, 6) is 0.135. The molecule has 0 unspecified atom stereocenters. The first-order chi connectivity index (χ1) is 18.6. The van der Waals surface area contributed by atoms with Gasteiger partial charge in [0, 0.05) is 11.6 Å². The van der Waals surface area contributed by atoms with E-state index in [1.165, 1.54) is 36.8 Å². The number of halogens is 4. The van der Waals surface area contributed by atoms with Gasteiger partial charge in [0.1, 0.15) is 5.54 Å². The Kier molecular flexibility index (Phi) is 8.38. The largest absolute Gasteiger partial charge is 0.418 e. The summed E-state index contributed by atoms with van der Waals surface area (Å²) in [6.45, 7) is 2.76. The molecule has 0 saturated heterocycles. The van der Waals surface area contributed by atoms with E-state index in [9.17, 15) is 22.8 Å². The summed E-state index contributed by atoms with van der Waals surface area (Å²) >= 11 is 5.71. The van der Waals surface area contributed by atoms with E-state index in [1.807, 2.05) is 6.92 Å². The van der Waals surface area contributed by atoms with Gasteiger partial charge in [0.15, 0.2) is 5.75 Å². The summed E-state index contributed by atoms with van der Waals surface area (Å²) in [4.78, 5) is 37.3. The molecule has 10 nitrogen and oxygen atoms in total. The Morgan fingerprint density at radius 1 is 1.08 bits per heavy atom. The summed E-state index contributed by atoms with van der Waals surface area (Å²) in [5, 5.41) is 11.0. The number of amides is 2. The maximum atomic E-state index is 13.3. The molecule has 1 saturated carbocycles. The summed E-state index contributed by atoms with van der Waals surface area (Å²) in [6.07, 6.45) is 0.430. The van der Waals surface area contributed by atoms with E-state index in [4.69, 9.17) is 16.3 Å².